The van der Waals surface area contributed by atoms with Gasteiger partial charge in [0.1, 0.15) is 6.29 Å². The van der Waals surface area contributed by atoms with Crippen LogP contribution in [0.5, 0.6) is 0 Å². The fourth-order valence-electron chi connectivity index (χ4n) is 0.241. The van der Waals surface area contributed by atoms with E-state index in [9.17, 15) is 4.79 Å². The van der Waals surface area contributed by atoms with Gasteiger partial charge in [0.05, 0.1) is 0 Å². The van der Waals surface area contributed by atoms with E-state index in [2.05, 4.69) is 0 Å². The average molecular weight is 114 g/mol. The van der Waals surface area contributed by atoms with Gasteiger partial charge < -0.3 is 0 Å². The second kappa shape index (κ2) is 1.83. The molecular weight excluding hydrogens is 111 g/mol. The van der Waals surface area contributed by atoms with Crippen molar-refractivity contribution in [3.63, 3.8) is 0 Å². The molecule has 0 aliphatic carbocycles. The Kier molecular flexibility index (Phi) is 1.36. The van der Waals surface area contributed by atoms with E-state index in [0.717, 1.165) is 10.7 Å². The van der Waals surface area contributed by atoms with Gasteiger partial charge in [-0.3, -0.25) is 4.79 Å². The fraction of sp³-hybridized carbons (Fsp3) is 0. The van der Waals surface area contributed by atoms with Gasteiger partial charge in [0, 0.05) is 0 Å². The average Bonchev–Trinajstić information content (AvgIpc) is 1.31. The molecule has 0 saturated carbocycles. The molecule has 30 valence electrons. The quantitative estimate of drug-likeness (QED) is 0.356. The third-order valence-electron chi connectivity index (χ3n) is 0.636. The van der Waals surface area contributed by atoms with Gasteiger partial charge in [-0.15, -0.1) is 0 Å². The van der Waals surface area contributed by atoms with Gasteiger partial charge >= 0.3 is 14.1 Å². The van der Waals surface area contributed by atoms with Crippen molar-refractivity contribution in [2.24, 2.45) is 0 Å². The van der Waals surface area contributed by atoms with Gasteiger partial charge in [0.2, 0.25) is 0 Å². The predicted octanol–water partition coefficient (Wildman–Crippen LogP) is 0.125. The number of rotatable bonds is 1. The van der Waals surface area contributed by atoms with Gasteiger partial charge in [-0.05, 0) is 0 Å². The first-order valence-electron chi connectivity index (χ1n) is 1.69. The molecule has 6 heavy (non-hydrogen) atoms. The van der Waals surface area contributed by atoms with Crippen molar-refractivity contribution in [2.45, 2.75) is 0 Å². The Balaban J connectivity index is 2.52. The zero-order valence-corrected chi connectivity index (χ0v) is 5.41. The predicted molar refractivity (Wildman–Crippen MR) is 28.9 cm³/mol. The third-order valence-corrected chi connectivity index (χ3v) is 4.27. The summed E-state index contributed by atoms with van der Waals surface area (Å²) < 4.78 is 1.07. The van der Waals surface area contributed by atoms with Gasteiger partial charge in [-0.1, -0.05) is 9.84 Å². The Hall–Kier alpha value is 0.292. The third kappa shape index (κ3) is 0.677. The summed E-state index contributed by atoms with van der Waals surface area (Å²) in [4.78, 5) is 9.74. The van der Waals surface area contributed by atoms with Crippen LogP contribution < -0.4 is 0 Å². The molecule has 3 heteroatoms. The zero-order chi connectivity index (χ0) is 4.41. The lowest BCUT2D eigenvalue weighted by atomic mass is 10.7. The molecule has 0 aromatic heterocycles. The lowest BCUT2D eigenvalue weighted by Gasteiger charge is -2.00. The topological polar surface area (TPSA) is 17.1 Å². The Bertz CT molecular complexity index is 99.0. The van der Waals surface area contributed by atoms with Crippen LogP contribution in [0.2, 0.25) is 0 Å². The first-order chi connectivity index (χ1) is 2.93. The highest BCUT2D eigenvalue weighted by Gasteiger charge is 2.06. The van der Waals surface area contributed by atoms with Crippen LogP contribution in [-0.2, 0) is 4.79 Å². The Labute approximate surface area is 45.6 Å². The minimum atomic E-state index is -0.0714. The van der Waals surface area contributed by atoms with Crippen molar-refractivity contribution in [3.05, 3.63) is 9.84 Å². The second-order valence-corrected chi connectivity index (χ2v) is 4.66. The summed E-state index contributed by atoms with van der Waals surface area (Å²) in [5.74, 6) is 0. The number of allylic oxidation sites excluding steroid dienone is 1. The molecule has 1 nitrogen and oxygen atoms in total. The summed E-state index contributed by atoms with van der Waals surface area (Å²) in [7, 11) is 1.82. The van der Waals surface area contributed by atoms with E-state index < -0.39 is 0 Å². The molecule has 0 spiro atoms. The highest BCUT2D eigenvalue weighted by molar-refractivity contribution is 8.27. The van der Waals surface area contributed by atoms with Crippen molar-refractivity contribution in [3.8, 4) is 0 Å². The molecule has 0 unspecified atom stereocenters. The summed E-state index contributed by atoms with van der Waals surface area (Å²) in [6, 6.07) is 0. The normalized spacial score (nSPS) is 17.0. The maximum Gasteiger partial charge on any atom is 0.377 e. The summed E-state index contributed by atoms with van der Waals surface area (Å²) in [5, 5.41) is 1.93. The molecule has 1 rings (SSSR count). The van der Waals surface area contributed by atoms with E-state index in [1.807, 2.05) is 15.5 Å². The van der Waals surface area contributed by atoms with Crippen molar-refractivity contribution in [1.29, 1.82) is 0 Å². The van der Waals surface area contributed by atoms with Crippen LogP contribution in [0, 0.1) is 0 Å². The van der Waals surface area contributed by atoms with E-state index in [1.165, 1.54) is 0 Å². The molecule has 0 atom stereocenters. The van der Waals surface area contributed by atoms with Gasteiger partial charge in [0.15, 0.2) is 0 Å². The van der Waals surface area contributed by atoms with E-state index in [4.69, 9.17) is 0 Å². The lowest BCUT2D eigenvalue weighted by molar-refractivity contribution is -0.104. The van der Waals surface area contributed by atoms with Gasteiger partial charge in [-0.25, -0.2) is 10.1 Å². The van der Waals surface area contributed by atoms with Gasteiger partial charge in [0.25, 0.3) is 0 Å². The van der Waals surface area contributed by atoms with Crippen LogP contribution in [0.3, 0.4) is 0 Å². The van der Waals surface area contributed by atoms with Crippen molar-refractivity contribution in [2.75, 3.05) is 0 Å². The number of aldehydes is 1. The van der Waals surface area contributed by atoms with Crippen LogP contribution in [-0.4, -0.2) is 20.4 Å². The van der Waals surface area contributed by atoms with Crippen molar-refractivity contribution < 1.29 is 4.79 Å². The molecule has 1 aliphatic heterocycles. The first kappa shape index (κ1) is 4.45. The fourth-order valence-corrected chi connectivity index (χ4v) is 2.01. The minimum Gasteiger partial charge on any atom is -0.300 e. The summed E-state index contributed by atoms with van der Waals surface area (Å²) in [6.07, 6.45) is 0.961. The number of hydrogen-bond donors (Lipinski definition) is 0. The standard InChI is InChI=1S/C3H3OS.Al.H/c4-2-1-3-5;;/h2-3,5H;;/q;+1;/p-1. The SMILES string of the molecule is O=C[C]1=C[S][AlH]1. The lowest BCUT2D eigenvalue weighted by Crippen LogP contribution is -1.99. The molecule has 0 aromatic rings. The van der Waals surface area contributed by atoms with Crippen molar-refractivity contribution >= 4 is 30.5 Å². The Morgan fingerprint density at radius 1 is 2.00 bits per heavy atom. The molecule has 0 amide bonds. The van der Waals surface area contributed by atoms with E-state index in [-0.39, 0.29) is 14.1 Å². The highest BCUT2D eigenvalue weighted by atomic mass is 32.3. The molecule has 0 bridgehead atoms. The maximum absolute atomic E-state index is 9.74. The monoisotopic (exact) mass is 114 g/mol. The van der Waals surface area contributed by atoms with E-state index in [1.54, 1.807) is 0 Å². The minimum absolute atomic E-state index is 0.0714. The van der Waals surface area contributed by atoms with Gasteiger partial charge in [-0.2, -0.15) is 0 Å². The molecule has 0 radical (unpaired) electrons. The molecular formula is C3H3AlOS. The number of carbonyl (C=O) groups excluding carboxylic acids is 1. The number of hydrogen-bond acceptors (Lipinski definition) is 2. The Morgan fingerprint density at radius 2 is 2.67 bits per heavy atom. The zero-order valence-electron chi connectivity index (χ0n) is 3.18. The first-order valence-corrected chi connectivity index (χ1v) is 5.18. The molecule has 0 fully saturated rings. The van der Waals surface area contributed by atoms with Crippen molar-refractivity contribution in [1.82, 2.24) is 0 Å². The number of carbonyl (C=O) groups is 1. The molecule has 0 aromatic carbocycles. The van der Waals surface area contributed by atoms with Crippen LogP contribution in [0.15, 0.2) is 9.84 Å². The summed E-state index contributed by atoms with van der Waals surface area (Å²) >= 11 is -0.0714. The highest BCUT2D eigenvalue weighted by Crippen LogP contribution is 2.16. The molecule has 0 N–H and O–H groups in total. The van der Waals surface area contributed by atoms with Crippen LogP contribution >= 0.6 is 10.1 Å². The van der Waals surface area contributed by atoms with Crippen LogP contribution in [0.1, 0.15) is 0 Å². The summed E-state index contributed by atoms with van der Waals surface area (Å²) in [5.41, 5.74) is 0. The smallest absolute Gasteiger partial charge is 0.300 e. The molecule has 0 saturated heterocycles. The molecule has 1 heterocycles. The van der Waals surface area contributed by atoms with E-state index in [0.29, 0.717) is 0 Å². The summed E-state index contributed by atoms with van der Waals surface area (Å²) in [6.45, 7) is 0. The van der Waals surface area contributed by atoms with E-state index >= 15 is 0 Å². The maximum atomic E-state index is 9.74. The second-order valence-electron chi connectivity index (χ2n) is 1.12. The van der Waals surface area contributed by atoms with Crippen LogP contribution in [0.4, 0.5) is 0 Å². The Morgan fingerprint density at radius 3 is 2.67 bits per heavy atom. The van der Waals surface area contributed by atoms with Crippen LogP contribution in [0.25, 0.3) is 0 Å². The molecule has 1 aliphatic rings. The largest absolute Gasteiger partial charge is 0.377 e.